The molecule has 0 aliphatic heterocycles. The predicted molar refractivity (Wildman–Crippen MR) is 81.6 cm³/mol. The van der Waals surface area contributed by atoms with Gasteiger partial charge in [0.2, 0.25) is 0 Å². The van der Waals surface area contributed by atoms with Crippen molar-refractivity contribution in [3.8, 4) is 5.75 Å². The molecule has 114 valence electrons. The molecular weight excluding hydrogens is 290 g/mol. The van der Waals surface area contributed by atoms with E-state index in [2.05, 4.69) is 22.4 Å². The van der Waals surface area contributed by atoms with Crippen LogP contribution in [0.2, 0.25) is 5.02 Å². The maximum atomic E-state index is 6.23. The molecule has 0 spiro atoms. The third-order valence-corrected chi connectivity index (χ3v) is 3.54. The maximum Gasteiger partial charge on any atom is 0.264 e. The number of nitrogens with one attached hydrogen (secondary N) is 1. The van der Waals surface area contributed by atoms with Crippen molar-refractivity contribution < 1.29 is 9.26 Å². The van der Waals surface area contributed by atoms with E-state index in [-0.39, 0.29) is 18.6 Å². The zero-order chi connectivity index (χ0) is 15.4. The fourth-order valence-corrected chi connectivity index (χ4v) is 2.01. The van der Waals surface area contributed by atoms with Gasteiger partial charge in [0.05, 0.1) is 5.02 Å². The Hall–Kier alpha value is -1.59. The molecule has 0 amide bonds. The van der Waals surface area contributed by atoms with Crippen molar-refractivity contribution in [1.82, 2.24) is 15.5 Å². The van der Waals surface area contributed by atoms with Crippen LogP contribution < -0.4 is 10.1 Å². The minimum absolute atomic E-state index is 0.209. The van der Waals surface area contributed by atoms with Gasteiger partial charge in [0.15, 0.2) is 12.4 Å². The van der Waals surface area contributed by atoms with Crippen LogP contribution in [0.4, 0.5) is 0 Å². The van der Waals surface area contributed by atoms with Crippen molar-refractivity contribution >= 4 is 11.6 Å². The van der Waals surface area contributed by atoms with Crippen LogP contribution in [0.1, 0.15) is 50.0 Å². The van der Waals surface area contributed by atoms with E-state index in [0.717, 1.165) is 5.56 Å². The van der Waals surface area contributed by atoms with Crippen molar-refractivity contribution in [2.24, 2.45) is 0 Å². The van der Waals surface area contributed by atoms with Gasteiger partial charge in [0.1, 0.15) is 5.75 Å². The van der Waals surface area contributed by atoms with Gasteiger partial charge in [0.25, 0.3) is 5.89 Å². The van der Waals surface area contributed by atoms with E-state index in [4.69, 9.17) is 20.9 Å². The molecule has 0 bridgehead atoms. The molecule has 0 aliphatic rings. The molecular formula is C15H20ClN3O2. The van der Waals surface area contributed by atoms with Crippen LogP contribution in [-0.2, 0) is 6.61 Å². The lowest BCUT2D eigenvalue weighted by atomic mass is 10.1. The first-order valence-electron chi connectivity index (χ1n) is 6.93. The van der Waals surface area contributed by atoms with Crippen LogP contribution in [0.15, 0.2) is 22.7 Å². The van der Waals surface area contributed by atoms with E-state index < -0.39 is 0 Å². The summed E-state index contributed by atoms with van der Waals surface area (Å²) >= 11 is 6.23. The van der Waals surface area contributed by atoms with Crippen molar-refractivity contribution in [1.29, 1.82) is 0 Å². The lowest BCUT2D eigenvalue weighted by Crippen LogP contribution is -2.12. The molecule has 1 aromatic heterocycles. The largest absolute Gasteiger partial charge is 0.482 e. The Morgan fingerprint density at radius 3 is 2.67 bits per heavy atom. The third kappa shape index (κ3) is 3.95. The minimum Gasteiger partial charge on any atom is -0.482 e. The number of ether oxygens (including phenoxy) is 1. The first-order valence-corrected chi connectivity index (χ1v) is 7.31. The van der Waals surface area contributed by atoms with Gasteiger partial charge in [-0.2, -0.15) is 4.98 Å². The van der Waals surface area contributed by atoms with Crippen LogP contribution >= 0.6 is 11.6 Å². The molecule has 0 radical (unpaired) electrons. The molecule has 21 heavy (non-hydrogen) atoms. The Morgan fingerprint density at radius 2 is 2.10 bits per heavy atom. The summed E-state index contributed by atoms with van der Waals surface area (Å²) < 4.78 is 10.8. The van der Waals surface area contributed by atoms with Gasteiger partial charge in [-0.3, -0.25) is 0 Å². The number of hydrogen-bond acceptors (Lipinski definition) is 5. The highest BCUT2D eigenvalue weighted by atomic mass is 35.5. The summed E-state index contributed by atoms with van der Waals surface area (Å²) in [7, 11) is 1.91. The summed E-state index contributed by atoms with van der Waals surface area (Å²) in [4.78, 5) is 4.26. The molecule has 0 aliphatic carbocycles. The molecule has 1 atom stereocenters. The number of rotatable bonds is 6. The molecule has 6 heteroatoms. The van der Waals surface area contributed by atoms with E-state index in [1.165, 1.54) is 0 Å². The summed E-state index contributed by atoms with van der Waals surface area (Å²) in [5, 5.41) is 7.63. The molecule has 0 saturated heterocycles. The van der Waals surface area contributed by atoms with Gasteiger partial charge in [-0.25, -0.2) is 0 Å². The Kier molecular flexibility index (Phi) is 5.20. The highest BCUT2D eigenvalue weighted by molar-refractivity contribution is 6.32. The zero-order valence-corrected chi connectivity index (χ0v) is 13.4. The van der Waals surface area contributed by atoms with Gasteiger partial charge in [-0.1, -0.05) is 36.7 Å². The fraction of sp³-hybridized carbons (Fsp3) is 0.467. The van der Waals surface area contributed by atoms with Crippen molar-refractivity contribution in [2.75, 3.05) is 7.05 Å². The van der Waals surface area contributed by atoms with E-state index in [0.29, 0.717) is 22.5 Å². The first kappa shape index (κ1) is 15.8. The van der Waals surface area contributed by atoms with Gasteiger partial charge >= 0.3 is 0 Å². The van der Waals surface area contributed by atoms with Crippen LogP contribution in [0.5, 0.6) is 5.75 Å². The lowest BCUT2D eigenvalue weighted by Gasteiger charge is -2.12. The number of benzene rings is 1. The molecule has 2 aromatic rings. The van der Waals surface area contributed by atoms with Crippen molar-refractivity contribution in [3.63, 3.8) is 0 Å². The second-order valence-electron chi connectivity index (χ2n) is 5.19. The summed E-state index contributed by atoms with van der Waals surface area (Å²) in [5.74, 6) is 1.96. The van der Waals surface area contributed by atoms with Crippen LogP contribution in [0, 0.1) is 0 Å². The lowest BCUT2D eigenvalue weighted by molar-refractivity contribution is 0.242. The highest BCUT2D eigenvalue weighted by Gasteiger charge is 2.12. The van der Waals surface area contributed by atoms with Gasteiger partial charge in [-0.05, 0) is 31.7 Å². The molecule has 1 unspecified atom stereocenters. The van der Waals surface area contributed by atoms with Crippen LogP contribution in [-0.4, -0.2) is 17.2 Å². The normalized spacial score (nSPS) is 12.7. The molecule has 1 N–H and O–H groups in total. The van der Waals surface area contributed by atoms with Crippen LogP contribution in [0.25, 0.3) is 0 Å². The molecule has 1 heterocycles. The minimum atomic E-state index is 0.209. The number of nitrogens with zero attached hydrogens (tertiary/aromatic N) is 2. The first-order chi connectivity index (χ1) is 10.0. The molecule has 2 rings (SSSR count). The van der Waals surface area contributed by atoms with E-state index in [1.807, 2.05) is 39.1 Å². The van der Waals surface area contributed by atoms with Gasteiger partial charge in [0, 0.05) is 12.0 Å². The summed E-state index contributed by atoms with van der Waals surface area (Å²) in [6, 6.07) is 5.97. The molecule has 0 saturated carbocycles. The maximum absolute atomic E-state index is 6.23. The SMILES string of the molecule is CNC(C)c1ccc(OCc2nc(C(C)C)no2)c(Cl)c1. The van der Waals surface area contributed by atoms with E-state index >= 15 is 0 Å². The summed E-state index contributed by atoms with van der Waals surface area (Å²) in [6.45, 7) is 6.29. The van der Waals surface area contributed by atoms with Gasteiger partial charge < -0.3 is 14.6 Å². The third-order valence-electron chi connectivity index (χ3n) is 3.24. The Labute approximate surface area is 129 Å². The van der Waals surface area contributed by atoms with Crippen molar-refractivity contribution in [2.45, 2.75) is 39.3 Å². The second-order valence-corrected chi connectivity index (χ2v) is 5.60. The average Bonchev–Trinajstić information content (AvgIpc) is 2.94. The quantitative estimate of drug-likeness (QED) is 0.881. The second kappa shape index (κ2) is 6.91. The van der Waals surface area contributed by atoms with E-state index in [1.54, 1.807) is 0 Å². The Morgan fingerprint density at radius 1 is 1.33 bits per heavy atom. The topological polar surface area (TPSA) is 60.2 Å². The van der Waals surface area contributed by atoms with E-state index in [9.17, 15) is 0 Å². The fourth-order valence-electron chi connectivity index (χ4n) is 1.77. The zero-order valence-electron chi connectivity index (χ0n) is 12.7. The summed E-state index contributed by atoms with van der Waals surface area (Å²) in [6.07, 6.45) is 0. The highest BCUT2D eigenvalue weighted by Crippen LogP contribution is 2.28. The van der Waals surface area contributed by atoms with Crippen molar-refractivity contribution in [3.05, 3.63) is 40.5 Å². The number of halogens is 1. The number of aromatic nitrogens is 2. The van der Waals surface area contributed by atoms with Crippen LogP contribution in [0.3, 0.4) is 0 Å². The summed E-state index contributed by atoms with van der Waals surface area (Å²) in [5.41, 5.74) is 1.11. The monoisotopic (exact) mass is 309 g/mol. The average molecular weight is 310 g/mol. The van der Waals surface area contributed by atoms with Gasteiger partial charge in [-0.15, -0.1) is 0 Å². The molecule has 1 aromatic carbocycles. The molecule has 0 fully saturated rings. The smallest absolute Gasteiger partial charge is 0.264 e. The Bertz CT molecular complexity index is 598. The number of hydrogen-bond donors (Lipinski definition) is 1. The molecule has 5 nitrogen and oxygen atoms in total. The predicted octanol–water partition coefficient (Wildman–Crippen LogP) is 3.71. The standard InChI is InChI=1S/C15H20ClN3O2/c1-9(2)15-18-14(21-19-15)8-20-13-6-5-11(7-12(13)16)10(3)17-4/h5-7,9-10,17H,8H2,1-4H3. The Balaban J connectivity index is 2.02.